The van der Waals surface area contributed by atoms with E-state index in [1.165, 1.54) is 55.7 Å². The van der Waals surface area contributed by atoms with Crippen molar-refractivity contribution in [3.05, 3.63) is 56.2 Å². The molecule has 0 N–H and O–H groups in total. The first kappa shape index (κ1) is 29.2. The summed E-state index contributed by atoms with van der Waals surface area (Å²) < 4.78 is 0. The Balaban J connectivity index is 1.68. The second-order valence-electron chi connectivity index (χ2n) is 15.4. The molecule has 1 aromatic carbocycles. The first-order valence-corrected chi connectivity index (χ1v) is 15.7. The van der Waals surface area contributed by atoms with Gasteiger partial charge in [0, 0.05) is 16.6 Å². The molecule has 0 aromatic heterocycles. The van der Waals surface area contributed by atoms with Crippen LogP contribution in [0.3, 0.4) is 0 Å². The third-order valence-electron chi connectivity index (χ3n) is 12.1. The number of Topliss-reactive ketones (excluding diaryl/α,β-unsaturated/α-hetero) is 3. The summed E-state index contributed by atoms with van der Waals surface area (Å²) in [6, 6.07) is 2.43. The molecule has 0 amide bonds. The zero-order chi connectivity index (χ0) is 29.6. The predicted molar refractivity (Wildman–Crippen MR) is 163 cm³/mol. The van der Waals surface area contributed by atoms with Gasteiger partial charge < -0.3 is 0 Å². The topological polar surface area (TPSA) is 51.2 Å². The van der Waals surface area contributed by atoms with Gasteiger partial charge in [0.05, 0.1) is 11.0 Å². The molecule has 40 heavy (non-hydrogen) atoms. The molecule has 0 saturated heterocycles. The molecule has 0 spiro atoms. The van der Waals surface area contributed by atoms with Gasteiger partial charge in [-0.3, -0.25) is 14.4 Å². The van der Waals surface area contributed by atoms with Crippen LogP contribution in [-0.4, -0.2) is 17.3 Å². The first-order chi connectivity index (χ1) is 18.5. The van der Waals surface area contributed by atoms with E-state index in [0.717, 1.165) is 47.1 Å². The lowest BCUT2D eigenvalue weighted by atomic mass is 9.42. The maximum absolute atomic E-state index is 14.8. The molecule has 4 aliphatic carbocycles. The molecule has 216 valence electrons. The fourth-order valence-corrected chi connectivity index (χ4v) is 9.76. The summed E-state index contributed by atoms with van der Waals surface area (Å²) in [7, 11) is 0. The largest absolute Gasteiger partial charge is 0.294 e. The number of fused-ring (bicyclic) bond motifs is 3. The van der Waals surface area contributed by atoms with E-state index >= 15 is 0 Å². The molecule has 3 heteroatoms. The number of carbonyl (C=O) groups excluding carboxylic acids is 3. The number of ketones is 3. The molecule has 1 aromatic rings. The van der Waals surface area contributed by atoms with E-state index < -0.39 is 5.41 Å². The summed E-state index contributed by atoms with van der Waals surface area (Å²) in [5.41, 5.74) is 7.77. The van der Waals surface area contributed by atoms with Crippen molar-refractivity contribution in [2.75, 3.05) is 0 Å². The van der Waals surface area contributed by atoms with E-state index in [9.17, 15) is 14.4 Å². The average molecular weight is 543 g/mol. The monoisotopic (exact) mass is 542 g/mol. The summed E-state index contributed by atoms with van der Waals surface area (Å²) in [5, 5.41) is 0. The molecule has 0 heterocycles. The average Bonchev–Trinajstić information content (AvgIpc) is 3.26. The van der Waals surface area contributed by atoms with Crippen LogP contribution >= 0.6 is 0 Å². The molecule has 1 saturated carbocycles. The van der Waals surface area contributed by atoms with Crippen molar-refractivity contribution < 1.29 is 14.4 Å². The smallest absolute Gasteiger partial charge is 0.190 e. The highest BCUT2D eigenvalue weighted by Gasteiger charge is 2.63. The van der Waals surface area contributed by atoms with Crippen LogP contribution in [0.15, 0.2) is 28.4 Å². The van der Waals surface area contributed by atoms with Crippen LogP contribution in [0.2, 0.25) is 0 Å². The molecule has 1 fully saturated rings. The Kier molecular flexibility index (Phi) is 6.84. The SMILES string of the molecule is CC(=O)C1=C(C)CC2(C)CC3(C)Cc4c(C(C)C)cc(CCC5(C)CCCC5)c(C)c4C(=O)C3=C(C)C2(C)C1=O. The van der Waals surface area contributed by atoms with Gasteiger partial charge in [-0.15, -0.1) is 0 Å². The molecular formula is C37H50O3. The molecule has 0 aliphatic heterocycles. The van der Waals surface area contributed by atoms with Gasteiger partial charge in [0.2, 0.25) is 0 Å². The Labute approximate surface area is 242 Å². The van der Waals surface area contributed by atoms with Crippen molar-refractivity contribution >= 4 is 17.3 Å². The van der Waals surface area contributed by atoms with E-state index in [1.807, 2.05) is 20.8 Å². The Hall–Kier alpha value is -2.29. The number of hydrogen-bond donors (Lipinski definition) is 0. The summed E-state index contributed by atoms with van der Waals surface area (Å²) in [6.45, 7) is 21.1. The highest BCUT2D eigenvalue weighted by Crippen LogP contribution is 2.66. The van der Waals surface area contributed by atoms with Crippen LogP contribution in [-0.2, 0) is 22.4 Å². The summed E-state index contributed by atoms with van der Waals surface area (Å²) in [6.07, 6.45) is 9.75. The highest BCUT2D eigenvalue weighted by atomic mass is 16.2. The quantitative estimate of drug-likeness (QED) is 0.349. The number of aryl methyl sites for hydroxylation is 1. The summed E-state index contributed by atoms with van der Waals surface area (Å²) in [5.74, 6) is 0.216. The zero-order valence-corrected chi connectivity index (χ0v) is 26.7. The van der Waals surface area contributed by atoms with Crippen molar-refractivity contribution in [2.24, 2.45) is 21.7 Å². The fourth-order valence-electron chi connectivity index (χ4n) is 9.76. The van der Waals surface area contributed by atoms with Crippen molar-refractivity contribution in [3.63, 3.8) is 0 Å². The molecule has 0 bridgehead atoms. The normalized spacial score (nSPS) is 31.5. The van der Waals surface area contributed by atoms with Crippen LogP contribution in [0.25, 0.3) is 0 Å². The lowest BCUT2D eigenvalue weighted by Crippen LogP contribution is -2.57. The van der Waals surface area contributed by atoms with Crippen molar-refractivity contribution in [2.45, 2.75) is 133 Å². The van der Waals surface area contributed by atoms with Crippen LogP contribution < -0.4 is 0 Å². The lowest BCUT2D eigenvalue weighted by molar-refractivity contribution is -0.134. The molecule has 0 radical (unpaired) electrons. The van der Waals surface area contributed by atoms with Crippen molar-refractivity contribution in [1.29, 1.82) is 0 Å². The predicted octanol–water partition coefficient (Wildman–Crippen LogP) is 8.99. The third-order valence-corrected chi connectivity index (χ3v) is 12.1. The van der Waals surface area contributed by atoms with E-state index in [2.05, 4.69) is 47.6 Å². The van der Waals surface area contributed by atoms with Crippen LogP contribution in [0.5, 0.6) is 0 Å². The second kappa shape index (κ2) is 9.36. The van der Waals surface area contributed by atoms with Crippen molar-refractivity contribution in [1.82, 2.24) is 0 Å². The summed E-state index contributed by atoms with van der Waals surface area (Å²) >= 11 is 0. The van der Waals surface area contributed by atoms with Crippen LogP contribution in [0, 0.1) is 28.6 Å². The van der Waals surface area contributed by atoms with Crippen molar-refractivity contribution in [3.8, 4) is 0 Å². The molecule has 4 aliphatic rings. The van der Waals surface area contributed by atoms with E-state index in [4.69, 9.17) is 0 Å². The Morgan fingerprint density at radius 3 is 2.17 bits per heavy atom. The maximum atomic E-state index is 14.8. The second-order valence-corrected chi connectivity index (χ2v) is 15.4. The fraction of sp³-hybridized carbons (Fsp3) is 0.649. The van der Waals surface area contributed by atoms with Gasteiger partial charge in [0.1, 0.15) is 0 Å². The Bertz CT molecular complexity index is 1390. The van der Waals surface area contributed by atoms with E-state index in [-0.39, 0.29) is 28.2 Å². The van der Waals surface area contributed by atoms with Gasteiger partial charge in [-0.05, 0) is 119 Å². The number of carbonyl (C=O) groups is 3. The van der Waals surface area contributed by atoms with Gasteiger partial charge in [0.15, 0.2) is 17.3 Å². The maximum Gasteiger partial charge on any atom is 0.190 e. The Morgan fingerprint density at radius 2 is 1.60 bits per heavy atom. The van der Waals surface area contributed by atoms with Crippen LogP contribution in [0.1, 0.15) is 146 Å². The van der Waals surface area contributed by atoms with E-state index in [0.29, 0.717) is 23.3 Å². The molecule has 3 unspecified atom stereocenters. The number of allylic oxidation sites excluding steroid dienone is 4. The standard InChI is InChI=1S/C37H50O3/c1-21(2)27-17-26(13-16-34(7)14-11-12-15-34)23(4)30-28(27)19-35(8)20-36(9)18-22(3)29(25(6)38)33(40)37(36,10)24(5)31(35)32(30)39/h17,21H,11-16,18-20H2,1-10H3. The molecular weight excluding hydrogens is 492 g/mol. The van der Waals surface area contributed by atoms with Gasteiger partial charge in [-0.2, -0.15) is 0 Å². The summed E-state index contributed by atoms with van der Waals surface area (Å²) in [4.78, 5) is 41.6. The van der Waals surface area contributed by atoms with Gasteiger partial charge in [-0.25, -0.2) is 0 Å². The minimum atomic E-state index is -0.862. The highest BCUT2D eigenvalue weighted by molar-refractivity contribution is 6.24. The minimum Gasteiger partial charge on any atom is -0.294 e. The minimum absolute atomic E-state index is 0.0879. The number of rotatable bonds is 5. The molecule has 5 rings (SSSR count). The van der Waals surface area contributed by atoms with Gasteiger partial charge in [-0.1, -0.05) is 64.7 Å². The van der Waals surface area contributed by atoms with Gasteiger partial charge in [0.25, 0.3) is 0 Å². The van der Waals surface area contributed by atoms with Crippen LogP contribution in [0.4, 0.5) is 0 Å². The lowest BCUT2D eigenvalue weighted by Gasteiger charge is -2.59. The zero-order valence-electron chi connectivity index (χ0n) is 26.7. The third kappa shape index (κ3) is 4.00. The van der Waals surface area contributed by atoms with Gasteiger partial charge >= 0.3 is 0 Å². The number of hydrogen-bond acceptors (Lipinski definition) is 3. The number of benzene rings is 1. The Morgan fingerprint density at radius 1 is 0.975 bits per heavy atom. The molecule has 3 atom stereocenters. The molecule has 3 nitrogen and oxygen atoms in total. The first-order valence-electron chi connectivity index (χ1n) is 15.7. The van der Waals surface area contributed by atoms with E-state index in [1.54, 1.807) is 0 Å².